The van der Waals surface area contributed by atoms with Gasteiger partial charge in [0.1, 0.15) is 5.82 Å². The van der Waals surface area contributed by atoms with Gasteiger partial charge in [-0.15, -0.1) is 0 Å². The first kappa shape index (κ1) is 18.0. The SMILES string of the molecule is COC(=O)c1ccc(Nc2nccc(Nc3c(Cl)cccc3Cl)n2)cc1. The molecule has 0 saturated heterocycles. The van der Waals surface area contributed by atoms with E-state index in [1.807, 2.05) is 0 Å². The van der Waals surface area contributed by atoms with Crippen LogP contribution in [0.3, 0.4) is 0 Å². The maximum Gasteiger partial charge on any atom is 0.337 e. The Balaban J connectivity index is 1.76. The van der Waals surface area contributed by atoms with E-state index in [0.717, 1.165) is 5.69 Å². The van der Waals surface area contributed by atoms with E-state index in [2.05, 4.69) is 25.3 Å². The molecule has 0 aliphatic rings. The topological polar surface area (TPSA) is 76.1 Å². The molecule has 6 nitrogen and oxygen atoms in total. The summed E-state index contributed by atoms with van der Waals surface area (Å²) in [6.45, 7) is 0. The summed E-state index contributed by atoms with van der Waals surface area (Å²) >= 11 is 12.3. The zero-order chi connectivity index (χ0) is 18.5. The van der Waals surface area contributed by atoms with Crippen LogP contribution in [0, 0.1) is 0 Å². The molecule has 0 aliphatic carbocycles. The molecule has 132 valence electrons. The zero-order valence-electron chi connectivity index (χ0n) is 13.7. The number of aromatic nitrogens is 2. The Morgan fingerprint density at radius 1 is 1.00 bits per heavy atom. The van der Waals surface area contributed by atoms with E-state index in [4.69, 9.17) is 23.2 Å². The maximum atomic E-state index is 11.5. The zero-order valence-corrected chi connectivity index (χ0v) is 15.2. The summed E-state index contributed by atoms with van der Waals surface area (Å²) in [5.41, 5.74) is 1.76. The fourth-order valence-electron chi connectivity index (χ4n) is 2.17. The minimum absolute atomic E-state index is 0.379. The number of benzene rings is 2. The fourth-order valence-corrected chi connectivity index (χ4v) is 2.66. The highest BCUT2D eigenvalue weighted by Crippen LogP contribution is 2.32. The molecular weight excluding hydrogens is 375 g/mol. The van der Waals surface area contributed by atoms with Crippen LogP contribution in [-0.4, -0.2) is 23.0 Å². The molecule has 0 bridgehead atoms. The van der Waals surface area contributed by atoms with E-state index in [0.29, 0.717) is 33.1 Å². The molecule has 2 aromatic carbocycles. The number of methoxy groups -OCH3 is 1. The van der Waals surface area contributed by atoms with E-state index >= 15 is 0 Å². The summed E-state index contributed by atoms with van der Waals surface area (Å²) in [4.78, 5) is 20.0. The predicted octanol–water partition coefficient (Wildman–Crippen LogP) is 5.06. The van der Waals surface area contributed by atoms with Gasteiger partial charge in [-0.2, -0.15) is 4.98 Å². The van der Waals surface area contributed by atoms with Crippen molar-refractivity contribution in [1.29, 1.82) is 0 Å². The second kappa shape index (κ2) is 8.03. The van der Waals surface area contributed by atoms with Gasteiger partial charge < -0.3 is 15.4 Å². The lowest BCUT2D eigenvalue weighted by Gasteiger charge is -2.11. The van der Waals surface area contributed by atoms with Crippen LogP contribution in [0.2, 0.25) is 10.0 Å². The molecule has 0 fully saturated rings. The average molecular weight is 389 g/mol. The molecule has 26 heavy (non-hydrogen) atoms. The van der Waals surface area contributed by atoms with Crippen molar-refractivity contribution in [2.75, 3.05) is 17.7 Å². The third kappa shape index (κ3) is 4.22. The molecule has 0 atom stereocenters. The van der Waals surface area contributed by atoms with Crippen molar-refractivity contribution < 1.29 is 9.53 Å². The van der Waals surface area contributed by atoms with E-state index < -0.39 is 5.97 Å². The highest BCUT2D eigenvalue weighted by atomic mass is 35.5. The van der Waals surface area contributed by atoms with Gasteiger partial charge >= 0.3 is 5.97 Å². The van der Waals surface area contributed by atoms with Crippen LogP contribution >= 0.6 is 23.2 Å². The lowest BCUT2D eigenvalue weighted by molar-refractivity contribution is 0.0601. The van der Waals surface area contributed by atoms with Gasteiger partial charge in [0.25, 0.3) is 0 Å². The van der Waals surface area contributed by atoms with Crippen molar-refractivity contribution in [1.82, 2.24) is 9.97 Å². The third-order valence-electron chi connectivity index (χ3n) is 3.43. The molecular formula is C18H14Cl2N4O2. The second-order valence-corrected chi connectivity index (χ2v) is 6.00. The van der Waals surface area contributed by atoms with Gasteiger partial charge in [0.05, 0.1) is 28.4 Å². The fraction of sp³-hybridized carbons (Fsp3) is 0.0556. The summed E-state index contributed by atoms with van der Waals surface area (Å²) in [5.74, 6) is 0.517. The number of esters is 1. The molecule has 3 rings (SSSR count). The second-order valence-electron chi connectivity index (χ2n) is 5.18. The molecule has 0 unspecified atom stereocenters. The maximum absolute atomic E-state index is 11.5. The first-order valence-corrected chi connectivity index (χ1v) is 8.32. The van der Waals surface area contributed by atoms with Crippen LogP contribution in [0.1, 0.15) is 10.4 Å². The van der Waals surface area contributed by atoms with E-state index in [1.54, 1.807) is 54.7 Å². The number of nitrogens with one attached hydrogen (secondary N) is 2. The Morgan fingerprint density at radius 2 is 1.69 bits per heavy atom. The number of rotatable bonds is 5. The standard InChI is InChI=1S/C18H14Cl2N4O2/c1-26-17(25)11-5-7-12(8-6-11)22-18-21-10-9-15(24-18)23-16-13(19)3-2-4-14(16)20/h2-10H,1H3,(H2,21,22,23,24). The third-order valence-corrected chi connectivity index (χ3v) is 4.06. The van der Waals surface area contributed by atoms with Gasteiger partial charge in [0, 0.05) is 11.9 Å². The number of nitrogens with zero attached hydrogens (tertiary/aromatic N) is 2. The Labute approximate surface area is 160 Å². The number of anilines is 4. The molecule has 0 spiro atoms. The highest BCUT2D eigenvalue weighted by molar-refractivity contribution is 6.39. The van der Waals surface area contributed by atoms with E-state index in [-0.39, 0.29) is 0 Å². The Bertz CT molecular complexity index is 912. The van der Waals surface area contributed by atoms with Crippen LogP contribution in [-0.2, 0) is 4.74 Å². The number of halogens is 2. The molecule has 1 heterocycles. The van der Waals surface area contributed by atoms with Crippen molar-refractivity contribution >= 4 is 52.3 Å². The van der Waals surface area contributed by atoms with Gasteiger partial charge in [0.2, 0.25) is 5.95 Å². The van der Waals surface area contributed by atoms with Crippen LogP contribution in [0.15, 0.2) is 54.7 Å². The van der Waals surface area contributed by atoms with Crippen molar-refractivity contribution in [3.05, 3.63) is 70.3 Å². The summed E-state index contributed by atoms with van der Waals surface area (Å²) in [5, 5.41) is 7.12. The smallest absolute Gasteiger partial charge is 0.337 e. The van der Waals surface area contributed by atoms with Crippen molar-refractivity contribution in [3.63, 3.8) is 0 Å². The number of ether oxygens (including phenoxy) is 1. The normalized spacial score (nSPS) is 10.3. The average Bonchev–Trinajstić information content (AvgIpc) is 2.65. The van der Waals surface area contributed by atoms with Crippen LogP contribution in [0.5, 0.6) is 0 Å². The molecule has 2 N–H and O–H groups in total. The van der Waals surface area contributed by atoms with Crippen molar-refractivity contribution in [2.45, 2.75) is 0 Å². The number of hydrogen-bond donors (Lipinski definition) is 2. The number of carbonyl (C=O) groups excluding carboxylic acids is 1. The predicted molar refractivity (Wildman–Crippen MR) is 103 cm³/mol. The monoisotopic (exact) mass is 388 g/mol. The number of carbonyl (C=O) groups is 1. The Kier molecular flexibility index (Phi) is 5.55. The van der Waals surface area contributed by atoms with Crippen LogP contribution in [0.4, 0.5) is 23.1 Å². The van der Waals surface area contributed by atoms with E-state index in [9.17, 15) is 4.79 Å². The van der Waals surface area contributed by atoms with Crippen molar-refractivity contribution in [2.24, 2.45) is 0 Å². The molecule has 3 aromatic rings. The minimum Gasteiger partial charge on any atom is -0.465 e. The summed E-state index contributed by atoms with van der Waals surface area (Å²) in [6, 6.07) is 13.7. The summed E-state index contributed by atoms with van der Waals surface area (Å²) in [6.07, 6.45) is 1.60. The Morgan fingerprint density at radius 3 is 2.35 bits per heavy atom. The van der Waals surface area contributed by atoms with Gasteiger partial charge in [-0.1, -0.05) is 29.3 Å². The minimum atomic E-state index is -0.393. The Hall–Kier alpha value is -2.83. The number of para-hydroxylation sites is 1. The molecule has 1 aromatic heterocycles. The summed E-state index contributed by atoms with van der Waals surface area (Å²) < 4.78 is 4.67. The lowest BCUT2D eigenvalue weighted by atomic mass is 10.2. The first-order valence-electron chi connectivity index (χ1n) is 7.56. The molecule has 0 saturated carbocycles. The molecule has 8 heteroatoms. The molecule has 0 amide bonds. The van der Waals surface area contributed by atoms with Gasteiger partial charge in [-0.25, -0.2) is 9.78 Å². The quantitative estimate of drug-likeness (QED) is 0.595. The van der Waals surface area contributed by atoms with Crippen LogP contribution < -0.4 is 10.6 Å². The largest absolute Gasteiger partial charge is 0.465 e. The molecule has 0 aliphatic heterocycles. The highest BCUT2D eigenvalue weighted by Gasteiger charge is 2.08. The lowest BCUT2D eigenvalue weighted by Crippen LogP contribution is -2.03. The number of hydrogen-bond acceptors (Lipinski definition) is 6. The van der Waals surface area contributed by atoms with Gasteiger partial charge in [-0.3, -0.25) is 0 Å². The van der Waals surface area contributed by atoms with Crippen LogP contribution in [0.25, 0.3) is 0 Å². The van der Waals surface area contributed by atoms with Gasteiger partial charge in [0.15, 0.2) is 0 Å². The first-order chi connectivity index (χ1) is 12.6. The molecule has 0 radical (unpaired) electrons. The summed E-state index contributed by atoms with van der Waals surface area (Å²) in [7, 11) is 1.34. The van der Waals surface area contributed by atoms with Gasteiger partial charge in [-0.05, 0) is 42.5 Å². The van der Waals surface area contributed by atoms with E-state index in [1.165, 1.54) is 7.11 Å². The van der Waals surface area contributed by atoms with Crippen molar-refractivity contribution in [3.8, 4) is 0 Å².